The van der Waals surface area contributed by atoms with Gasteiger partial charge in [0, 0.05) is 30.6 Å². The lowest BCUT2D eigenvalue weighted by Gasteiger charge is -2.01. The average molecular weight is 403 g/mol. The lowest BCUT2D eigenvalue weighted by Crippen LogP contribution is -2.10. The van der Waals surface area contributed by atoms with Crippen molar-refractivity contribution >= 4 is 34.3 Å². The second-order valence-electron chi connectivity index (χ2n) is 6.31. The lowest BCUT2D eigenvalue weighted by molar-refractivity contribution is 1.42. The Balaban J connectivity index is 1.57. The van der Waals surface area contributed by atoms with E-state index in [-0.39, 0.29) is 11.7 Å². The largest absolute Gasteiger partial charge is 0.384 e. The number of hydrogen-bond donors (Lipinski definition) is 4. The SMILES string of the molecule is N=C(N)c1ccc(-c2ccc(-c3ccc(-c4ccc(C(=N)N)cc4)s3)s2)cc1. The van der Waals surface area contributed by atoms with Gasteiger partial charge in [0.1, 0.15) is 11.7 Å². The summed E-state index contributed by atoms with van der Waals surface area (Å²) in [6, 6.07) is 24.1. The molecule has 0 unspecified atom stereocenters. The molecule has 0 aliphatic heterocycles. The Morgan fingerprint density at radius 1 is 0.500 bits per heavy atom. The number of rotatable bonds is 5. The standard InChI is InChI=1S/C22H18N4S2/c23-21(24)15-5-1-13(2-6-15)17-9-11-19(27-17)20-12-10-18(28-20)14-3-7-16(8-4-14)22(25)26/h1-12H,(H3,23,24)(H3,25,26). The van der Waals surface area contributed by atoms with Gasteiger partial charge in [-0.25, -0.2) is 0 Å². The van der Waals surface area contributed by atoms with E-state index >= 15 is 0 Å². The van der Waals surface area contributed by atoms with Crippen molar-refractivity contribution < 1.29 is 0 Å². The minimum Gasteiger partial charge on any atom is -0.384 e. The van der Waals surface area contributed by atoms with Crippen molar-refractivity contribution in [2.75, 3.05) is 0 Å². The van der Waals surface area contributed by atoms with Gasteiger partial charge >= 0.3 is 0 Å². The molecule has 0 atom stereocenters. The van der Waals surface area contributed by atoms with Crippen molar-refractivity contribution in [3.05, 3.63) is 83.9 Å². The Bertz CT molecular complexity index is 1060. The van der Waals surface area contributed by atoms with Crippen LogP contribution in [0.1, 0.15) is 11.1 Å². The van der Waals surface area contributed by atoms with Crippen LogP contribution in [-0.2, 0) is 0 Å². The molecular formula is C22H18N4S2. The molecule has 0 aliphatic carbocycles. The third kappa shape index (κ3) is 3.60. The number of nitrogens with two attached hydrogens (primary N) is 2. The van der Waals surface area contributed by atoms with Crippen molar-refractivity contribution in [1.82, 2.24) is 0 Å². The van der Waals surface area contributed by atoms with Crippen LogP contribution in [-0.4, -0.2) is 11.7 Å². The summed E-state index contributed by atoms with van der Waals surface area (Å²) in [6.45, 7) is 0. The minimum absolute atomic E-state index is 0.0841. The highest BCUT2D eigenvalue weighted by Crippen LogP contribution is 2.40. The molecule has 2 aromatic carbocycles. The quantitative estimate of drug-likeness (QED) is 0.266. The van der Waals surface area contributed by atoms with E-state index in [0.29, 0.717) is 0 Å². The van der Waals surface area contributed by atoms with Gasteiger partial charge in [-0.3, -0.25) is 10.8 Å². The van der Waals surface area contributed by atoms with E-state index < -0.39 is 0 Å². The molecule has 138 valence electrons. The second kappa shape index (κ2) is 7.42. The zero-order chi connectivity index (χ0) is 19.7. The molecule has 0 spiro atoms. The summed E-state index contributed by atoms with van der Waals surface area (Å²) in [5.74, 6) is 0.168. The number of benzene rings is 2. The van der Waals surface area contributed by atoms with Gasteiger partial charge in [-0.2, -0.15) is 0 Å². The zero-order valence-electron chi connectivity index (χ0n) is 14.9. The molecule has 4 aromatic rings. The normalized spacial score (nSPS) is 10.7. The van der Waals surface area contributed by atoms with Gasteiger partial charge in [-0.1, -0.05) is 48.5 Å². The van der Waals surface area contributed by atoms with Crippen LogP contribution in [0.15, 0.2) is 72.8 Å². The van der Waals surface area contributed by atoms with Crippen molar-refractivity contribution in [3.63, 3.8) is 0 Å². The van der Waals surface area contributed by atoms with E-state index in [1.165, 1.54) is 19.5 Å². The van der Waals surface area contributed by atoms with E-state index in [0.717, 1.165) is 22.3 Å². The first kappa shape index (κ1) is 18.2. The molecule has 2 aromatic heterocycles. The van der Waals surface area contributed by atoms with Crippen LogP contribution in [0.25, 0.3) is 30.6 Å². The Labute approximate surface area is 171 Å². The maximum absolute atomic E-state index is 7.50. The highest BCUT2D eigenvalue weighted by molar-refractivity contribution is 7.25. The molecule has 6 N–H and O–H groups in total. The zero-order valence-corrected chi connectivity index (χ0v) is 16.5. The maximum atomic E-state index is 7.50. The van der Waals surface area contributed by atoms with E-state index in [4.69, 9.17) is 22.3 Å². The van der Waals surface area contributed by atoms with Crippen LogP contribution in [0, 0.1) is 10.8 Å². The van der Waals surface area contributed by atoms with Crippen LogP contribution in [0.3, 0.4) is 0 Å². The Hall–Kier alpha value is -3.22. The van der Waals surface area contributed by atoms with E-state index in [1.54, 1.807) is 22.7 Å². The molecule has 0 saturated carbocycles. The first-order valence-corrected chi connectivity index (χ1v) is 10.2. The molecule has 0 radical (unpaired) electrons. The van der Waals surface area contributed by atoms with Crippen molar-refractivity contribution in [2.45, 2.75) is 0 Å². The summed E-state index contributed by atoms with van der Waals surface area (Å²) in [7, 11) is 0. The minimum atomic E-state index is 0.0841. The number of hydrogen-bond acceptors (Lipinski definition) is 4. The Morgan fingerprint density at radius 2 is 0.821 bits per heavy atom. The molecule has 0 bridgehead atoms. The number of nitrogen functional groups attached to an aromatic ring is 2. The number of nitrogens with one attached hydrogen (secondary N) is 2. The highest BCUT2D eigenvalue weighted by Gasteiger charge is 2.09. The van der Waals surface area contributed by atoms with Gasteiger partial charge in [0.05, 0.1) is 0 Å². The monoisotopic (exact) mass is 402 g/mol. The van der Waals surface area contributed by atoms with Crippen molar-refractivity contribution in [2.24, 2.45) is 11.5 Å². The van der Waals surface area contributed by atoms with E-state index in [9.17, 15) is 0 Å². The third-order valence-corrected chi connectivity index (χ3v) is 6.88. The summed E-state index contributed by atoms with van der Waals surface area (Å²) >= 11 is 3.50. The number of thiophene rings is 2. The molecule has 0 aliphatic rings. The molecule has 6 heteroatoms. The van der Waals surface area contributed by atoms with Crippen molar-refractivity contribution in [1.29, 1.82) is 10.8 Å². The average Bonchev–Trinajstić information content (AvgIpc) is 3.38. The van der Waals surface area contributed by atoms with E-state index in [2.05, 4.69) is 24.3 Å². The summed E-state index contributed by atoms with van der Waals surface area (Å²) in [5, 5.41) is 15.0. The fraction of sp³-hybridized carbons (Fsp3) is 0. The highest BCUT2D eigenvalue weighted by atomic mass is 32.1. The summed E-state index contributed by atoms with van der Waals surface area (Å²) in [5.41, 5.74) is 14.8. The van der Waals surface area contributed by atoms with E-state index in [1.807, 2.05) is 48.5 Å². The van der Waals surface area contributed by atoms with Crippen LogP contribution in [0.2, 0.25) is 0 Å². The van der Waals surface area contributed by atoms with Gasteiger partial charge in [-0.05, 0) is 35.4 Å². The summed E-state index contributed by atoms with van der Waals surface area (Å²) < 4.78 is 0. The Kier molecular flexibility index (Phi) is 4.81. The smallest absolute Gasteiger partial charge is 0.122 e. The third-order valence-electron chi connectivity index (χ3n) is 4.42. The van der Waals surface area contributed by atoms with Gasteiger partial charge in [0.15, 0.2) is 0 Å². The predicted molar refractivity (Wildman–Crippen MR) is 121 cm³/mol. The fourth-order valence-electron chi connectivity index (χ4n) is 2.88. The van der Waals surface area contributed by atoms with Gasteiger partial charge in [0.2, 0.25) is 0 Å². The van der Waals surface area contributed by atoms with Crippen LogP contribution in [0.4, 0.5) is 0 Å². The number of amidine groups is 2. The molecular weight excluding hydrogens is 384 g/mol. The summed E-state index contributed by atoms with van der Waals surface area (Å²) in [6.07, 6.45) is 0. The van der Waals surface area contributed by atoms with Gasteiger partial charge in [-0.15, -0.1) is 22.7 Å². The fourth-order valence-corrected chi connectivity index (χ4v) is 4.99. The molecule has 0 fully saturated rings. The molecule has 0 saturated heterocycles. The molecule has 4 rings (SSSR count). The van der Waals surface area contributed by atoms with Crippen LogP contribution in [0.5, 0.6) is 0 Å². The maximum Gasteiger partial charge on any atom is 0.122 e. The first-order chi connectivity index (χ1) is 13.5. The van der Waals surface area contributed by atoms with Gasteiger partial charge < -0.3 is 11.5 Å². The molecule has 4 nitrogen and oxygen atoms in total. The molecule has 28 heavy (non-hydrogen) atoms. The first-order valence-electron chi connectivity index (χ1n) is 8.61. The van der Waals surface area contributed by atoms with Crippen LogP contribution >= 0.6 is 22.7 Å². The lowest BCUT2D eigenvalue weighted by atomic mass is 10.1. The van der Waals surface area contributed by atoms with Crippen molar-refractivity contribution in [3.8, 4) is 30.6 Å². The predicted octanol–water partition coefficient (Wildman–Crippen LogP) is 5.38. The second-order valence-corrected chi connectivity index (χ2v) is 8.48. The van der Waals surface area contributed by atoms with Crippen LogP contribution < -0.4 is 11.5 Å². The molecule has 2 heterocycles. The molecule has 0 amide bonds. The van der Waals surface area contributed by atoms with Gasteiger partial charge in [0.25, 0.3) is 0 Å². The topological polar surface area (TPSA) is 99.7 Å². The summed E-state index contributed by atoms with van der Waals surface area (Å²) in [4.78, 5) is 4.82. The Morgan fingerprint density at radius 3 is 1.14 bits per heavy atom.